The van der Waals surface area contributed by atoms with Crippen molar-refractivity contribution in [2.24, 2.45) is 0 Å². The minimum absolute atomic E-state index is 0.114. The molecule has 2 aliphatic rings. The average Bonchev–Trinajstić information content (AvgIpc) is 2.85. The molecule has 0 aliphatic carbocycles. The van der Waals surface area contributed by atoms with Crippen molar-refractivity contribution in [3.63, 3.8) is 0 Å². The van der Waals surface area contributed by atoms with Crippen LogP contribution in [-0.4, -0.2) is 71.4 Å². The summed E-state index contributed by atoms with van der Waals surface area (Å²) in [5.41, 5.74) is 3.53. The quantitative estimate of drug-likeness (QED) is 0.446. The first-order valence-corrected chi connectivity index (χ1v) is 14.2. The highest BCUT2D eigenvalue weighted by Gasteiger charge is 2.31. The third kappa shape index (κ3) is 8.22. The Balaban J connectivity index is 1.26. The van der Waals surface area contributed by atoms with E-state index in [9.17, 15) is 9.59 Å². The zero-order valence-electron chi connectivity index (χ0n) is 24.0. The predicted octanol–water partition coefficient (Wildman–Crippen LogP) is 4.37. The molecule has 1 atom stereocenters. The van der Waals surface area contributed by atoms with Gasteiger partial charge < -0.3 is 19.7 Å². The average molecular weight is 538 g/mol. The van der Waals surface area contributed by atoms with Crippen LogP contribution in [0.15, 0.2) is 30.5 Å². The number of aromatic nitrogens is 2. The maximum absolute atomic E-state index is 12.8. The molecule has 9 heteroatoms. The Hall–Kier alpha value is -3.04. The van der Waals surface area contributed by atoms with Crippen molar-refractivity contribution in [3.8, 4) is 0 Å². The lowest BCUT2D eigenvalue weighted by molar-refractivity contribution is -0.143. The summed E-state index contributed by atoms with van der Waals surface area (Å²) >= 11 is 0. The van der Waals surface area contributed by atoms with Crippen LogP contribution in [0.5, 0.6) is 0 Å². The Bertz CT molecular complexity index is 1130. The van der Waals surface area contributed by atoms with E-state index in [4.69, 9.17) is 14.5 Å². The zero-order chi connectivity index (χ0) is 28.0. The van der Waals surface area contributed by atoms with Crippen LogP contribution in [0.4, 0.5) is 10.6 Å². The number of fused-ring (bicyclic) bond motifs is 1. The summed E-state index contributed by atoms with van der Waals surface area (Å²) in [6, 6.07) is 8.41. The van der Waals surface area contributed by atoms with Crippen LogP contribution in [0, 0.1) is 6.92 Å². The van der Waals surface area contributed by atoms with Crippen molar-refractivity contribution >= 4 is 17.9 Å². The molecule has 0 bridgehead atoms. The summed E-state index contributed by atoms with van der Waals surface area (Å²) in [7, 11) is 0. The lowest BCUT2D eigenvalue weighted by Crippen LogP contribution is -2.58. The molecule has 0 aromatic carbocycles. The van der Waals surface area contributed by atoms with Crippen LogP contribution >= 0.6 is 0 Å². The van der Waals surface area contributed by atoms with Gasteiger partial charge in [-0.25, -0.2) is 9.78 Å². The van der Waals surface area contributed by atoms with Gasteiger partial charge in [-0.15, -0.1) is 0 Å². The van der Waals surface area contributed by atoms with Gasteiger partial charge in [-0.05, 0) is 90.1 Å². The zero-order valence-corrected chi connectivity index (χ0v) is 24.0. The SMILES string of the molecule is CCOC(=O)C[C@H](NC1CN(CCCc2ccc3c(n2)N(C(=O)OC(C)(C)C)CCC3)C1)c1ccc(C)nc1. The monoisotopic (exact) mass is 537 g/mol. The van der Waals surface area contributed by atoms with E-state index in [1.807, 2.05) is 52.9 Å². The third-order valence-electron chi connectivity index (χ3n) is 7.03. The van der Waals surface area contributed by atoms with Gasteiger partial charge >= 0.3 is 12.1 Å². The van der Waals surface area contributed by atoms with Crippen molar-refractivity contribution < 1.29 is 19.1 Å². The molecule has 1 saturated heterocycles. The number of nitrogens with one attached hydrogen (secondary N) is 1. The molecule has 0 saturated carbocycles. The number of pyridine rings is 2. The molecule has 9 nitrogen and oxygen atoms in total. The van der Waals surface area contributed by atoms with Gasteiger partial charge in [-0.3, -0.25) is 14.7 Å². The summed E-state index contributed by atoms with van der Waals surface area (Å²) in [5, 5.41) is 3.64. The summed E-state index contributed by atoms with van der Waals surface area (Å²) in [5.74, 6) is 0.550. The topological polar surface area (TPSA) is 96.9 Å². The van der Waals surface area contributed by atoms with E-state index in [2.05, 4.69) is 27.3 Å². The van der Waals surface area contributed by atoms with Crippen LogP contribution in [0.1, 0.15) is 75.5 Å². The minimum atomic E-state index is -0.536. The molecule has 2 aromatic rings. The first-order valence-electron chi connectivity index (χ1n) is 14.2. The van der Waals surface area contributed by atoms with Gasteiger partial charge in [0, 0.05) is 49.3 Å². The van der Waals surface area contributed by atoms with Crippen LogP contribution in [-0.2, 0) is 27.1 Å². The van der Waals surface area contributed by atoms with Gasteiger partial charge in [0.05, 0.1) is 13.0 Å². The van der Waals surface area contributed by atoms with Crippen molar-refractivity contribution in [1.29, 1.82) is 0 Å². The Morgan fingerprint density at radius 1 is 1.18 bits per heavy atom. The fourth-order valence-electron chi connectivity index (χ4n) is 5.08. The highest BCUT2D eigenvalue weighted by molar-refractivity contribution is 5.88. The number of carbonyl (C=O) groups is 2. The molecule has 0 radical (unpaired) electrons. The van der Waals surface area contributed by atoms with E-state index in [1.54, 1.807) is 4.90 Å². The number of amides is 1. The molecular weight excluding hydrogens is 494 g/mol. The largest absolute Gasteiger partial charge is 0.466 e. The third-order valence-corrected chi connectivity index (χ3v) is 7.03. The Kier molecular flexibility index (Phi) is 9.56. The number of hydrogen-bond acceptors (Lipinski definition) is 8. The number of rotatable bonds is 10. The Labute approximate surface area is 232 Å². The summed E-state index contributed by atoms with van der Waals surface area (Å²) in [4.78, 5) is 38.3. The molecule has 39 heavy (non-hydrogen) atoms. The molecule has 212 valence electrons. The number of carbonyl (C=O) groups excluding carboxylic acids is 2. The van der Waals surface area contributed by atoms with E-state index >= 15 is 0 Å². The Morgan fingerprint density at radius 3 is 2.67 bits per heavy atom. The molecule has 0 unspecified atom stereocenters. The summed E-state index contributed by atoms with van der Waals surface area (Å²) in [6.45, 7) is 13.3. The highest BCUT2D eigenvalue weighted by Crippen LogP contribution is 2.28. The molecule has 1 amide bonds. The number of hydrogen-bond donors (Lipinski definition) is 1. The van der Waals surface area contributed by atoms with E-state index in [1.165, 1.54) is 0 Å². The maximum Gasteiger partial charge on any atom is 0.416 e. The van der Waals surface area contributed by atoms with Crippen molar-refractivity contribution in [1.82, 2.24) is 20.2 Å². The van der Waals surface area contributed by atoms with Gasteiger partial charge in [-0.2, -0.15) is 0 Å². The van der Waals surface area contributed by atoms with E-state index in [0.717, 1.165) is 73.7 Å². The lowest BCUT2D eigenvalue weighted by Gasteiger charge is -2.41. The number of likely N-dealkylation sites (tertiary alicyclic amines) is 1. The normalized spacial score (nSPS) is 16.8. The molecule has 4 rings (SSSR count). The first-order chi connectivity index (χ1) is 18.6. The predicted molar refractivity (Wildman–Crippen MR) is 151 cm³/mol. The summed E-state index contributed by atoms with van der Waals surface area (Å²) < 4.78 is 10.8. The molecule has 1 fully saturated rings. The fourth-order valence-corrected chi connectivity index (χ4v) is 5.08. The standard InChI is InChI=1S/C30H43N5O4/c1-6-38-27(36)17-26(23-12-11-21(2)31-18-23)32-25-19-34(20-25)15-8-10-24-14-13-22-9-7-16-35(28(22)33-24)29(37)39-30(3,4)5/h11-14,18,25-26,32H,6-10,15-17,19-20H2,1-5H3/t26-/m0/s1. The lowest BCUT2D eigenvalue weighted by atomic mass is 10.0. The fraction of sp³-hybridized carbons (Fsp3) is 0.600. The maximum atomic E-state index is 12.8. The smallest absolute Gasteiger partial charge is 0.416 e. The van der Waals surface area contributed by atoms with Crippen LogP contribution in [0.2, 0.25) is 0 Å². The first kappa shape index (κ1) is 29.0. The second-order valence-corrected chi connectivity index (χ2v) is 11.5. The van der Waals surface area contributed by atoms with Gasteiger partial charge in [0.25, 0.3) is 0 Å². The van der Waals surface area contributed by atoms with Gasteiger partial charge in [0.15, 0.2) is 0 Å². The van der Waals surface area contributed by atoms with Gasteiger partial charge in [-0.1, -0.05) is 12.1 Å². The number of aryl methyl sites for hydroxylation is 3. The van der Waals surface area contributed by atoms with E-state index in [-0.39, 0.29) is 18.1 Å². The molecule has 2 aromatic heterocycles. The molecule has 1 N–H and O–H groups in total. The Morgan fingerprint density at radius 2 is 1.97 bits per heavy atom. The van der Waals surface area contributed by atoms with Crippen LogP contribution in [0.3, 0.4) is 0 Å². The van der Waals surface area contributed by atoms with Crippen LogP contribution < -0.4 is 10.2 Å². The van der Waals surface area contributed by atoms with E-state index < -0.39 is 5.60 Å². The second kappa shape index (κ2) is 12.9. The molecule has 2 aliphatic heterocycles. The van der Waals surface area contributed by atoms with Crippen molar-refractivity contribution in [3.05, 3.63) is 53.0 Å². The molecular formula is C30H43N5O4. The number of nitrogens with zero attached hydrogens (tertiary/aromatic N) is 4. The van der Waals surface area contributed by atoms with Gasteiger partial charge in [0.1, 0.15) is 11.4 Å². The van der Waals surface area contributed by atoms with Crippen molar-refractivity contribution in [2.45, 2.75) is 84.4 Å². The summed E-state index contributed by atoms with van der Waals surface area (Å²) in [6.07, 6.45) is 5.49. The van der Waals surface area contributed by atoms with Crippen molar-refractivity contribution in [2.75, 3.05) is 37.7 Å². The molecule has 0 spiro atoms. The second-order valence-electron chi connectivity index (χ2n) is 11.5. The highest BCUT2D eigenvalue weighted by atomic mass is 16.6. The molecule has 4 heterocycles. The van der Waals surface area contributed by atoms with E-state index in [0.29, 0.717) is 25.6 Å². The van der Waals surface area contributed by atoms with Crippen LogP contribution in [0.25, 0.3) is 0 Å². The number of ether oxygens (including phenoxy) is 2. The van der Waals surface area contributed by atoms with Gasteiger partial charge in [0.2, 0.25) is 0 Å². The number of anilines is 1. The minimum Gasteiger partial charge on any atom is -0.466 e. The number of esters is 1.